The van der Waals surface area contributed by atoms with Crippen molar-refractivity contribution in [1.82, 2.24) is 4.90 Å². The Labute approximate surface area is 107 Å². The lowest BCUT2D eigenvalue weighted by molar-refractivity contribution is 0.260. The van der Waals surface area contributed by atoms with E-state index in [4.69, 9.17) is 28.9 Å². The molecule has 16 heavy (non-hydrogen) atoms. The highest BCUT2D eigenvalue weighted by Gasteiger charge is 2.14. The van der Waals surface area contributed by atoms with Crippen LogP contribution < -0.4 is 5.73 Å². The molecule has 1 aromatic carbocycles. The molecule has 1 atom stereocenters. The molecule has 0 aromatic heterocycles. The fourth-order valence-electron chi connectivity index (χ4n) is 1.61. The van der Waals surface area contributed by atoms with Crippen LogP contribution in [0.1, 0.15) is 24.9 Å². The Morgan fingerprint density at radius 1 is 1.38 bits per heavy atom. The van der Waals surface area contributed by atoms with Crippen LogP contribution in [0.3, 0.4) is 0 Å². The molecular weight excluding hydrogens is 243 g/mol. The second-order valence-electron chi connectivity index (χ2n) is 3.96. The van der Waals surface area contributed by atoms with Crippen LogP contribution in [0, 0.1) is 0 Å². The summed E-state index contributed by atoms with van der Waals surface area (Å²) < 4.78 is 0. The Balaban J connectivity index is 2.78. The van der Waals surface area contributed by atoms with Crippen LogP contribution in [0.2, 0.25) is 10.0 Å². The van der Waals surface area contributed by atoms with E-state index in [1.165, 1.54) is 0 Å². The fourth-order valence-corrected chi connectivity index (χ4v) is 2.06. The van der Waals surface area contributed by atoms with E-state index in [9.17, 15) is 0 Å². The van der Waals surface area contributed by atoms with Gasteiger partial charge in [0.1, 0.15) is 0 Å². The summed E-state index contributed by atoms with van der Waals surface area (Å²) in [4.78, 5) is 2.23. The smallest absolute Gasteiger partial charge is 0.0454 e. The van der Waals surface area contributed by atoms with Gasteiger partial charge in [0.2, 0.25) is 0 Å². The van der Waals surface area contributed by atoms with E-state index in [1.54, 1.807) is 6.07 Å². The van der Waals surface area contributed by atoms with Crippen molar-refractivity contribution in [3.8, 4) is 0 Å². The maximum Gasteiger partial charge on any atom is 0.0454 e. The maximum atomic E-state index is 6.16. The molecule has 1 unspecified atom stereocenters. The second kappa shape index (κ2) is 6.45. The van der Waals surface area contributed by atoms with Crippen molar-refractivity contribution >= 4 is 23.2 Å². The highest BCUT2D eigenvalue weighted by Crippen LogP contribution is 2.29. The van der Waals surface area contributed by atoms with Crippen molar-refractivity contribution in [2.75, 3.05) is 20.1 Å². The van der Waals surface area contributed by atoms with Crippen molar-refractivity contribution < 1.29 is 0 Å². The largest absolute Gasteiger partial charge is 0.330 e. The third kappa shape index (κ3) is 3.63. The lowest BCUT2D eigenvalue weighted by Crippen LogP contribution is -2.25. The van der Waals surface area contributed by atoms with E-state index in [2.05, 4.69) is 18.9 Å². The Bertz CT molecular complexity index is 342. The zero-order valence-corrected chi connectivity index (χ0v) is 11.2. The third-order valence-electron chi connectivity index (χ3n) is 2.78. The van der Waals surface area contributed by atoms with E-state index in [-0.39, 0.29) is 6.04 Å². The zero-order valence-electron chi connectivity index (χ0n) is 9.71. The van der Waals surface area contributed by atoms with Crippen LogP contribution in [0.15, 0.2) is 18.2 Å². The molecule has 0 spiro atoms. The van der Waals surface area contributed by atoms with E-state index in [1.807, 2.05) is 12.1 Å². The second-order valence-corrected chi connectivity index (χ2v) is 4.81. The van der Waals surface area contributed by atoms with Crippen LogP contribution in [0.25, 0.3) is 0 Å². The van der Waals surface area contributed by atoms with Gasteiger partial charge in [-0.05, 0) is 57.2 Å². The first-order valence-electron chi connectivity index (χ1n) is 5.41. The first-order valence-corrected chi connectivity index (χ1v) is 6.17. The average molecular weight is 261 g/mol. The van der Waals surface area contributed by atoms with Gasteiger partial charge in [0.05, 0.1) is 0 Å². The Morgan fingerprint density at radius 3 is 2.69 bits per heavy atom. The first-order chi connectivity index (χ1) is 7.56. The molecule has 4 heteroatoms. The molecule has 1 aromatic rings. The van der Waals surface area contributed by atoms with Crippen molar-refractivity contribution in [2.45, 2.75) is 19.4 Å². The summed E-state index contributed by atoms with van der Waals surface area (Å²) >= 11 is 12.1. The average Bonchev–Trinajstić information content (AvgIpc) is 2.28. The predicted octanol–water partition coefficient (Wildman–Crippen LogP) is 3.34. The maximum absolute atomic E-state index is 6.16. The summed E-state index contributed by atoms with van der Waals surface area (Å²) in [5, 5.41) is 1.48. The minimum Gasteiger partial charge on any atom is -0.330 e. The molecule has 0 heterocycles. The summed E-state index contributed by atoms with van der Waals surface area (Å²) in [6.07, 6.45) is 0.985. The van der Waals surface area contributed by atoms with Gasteiger partial charge < -0.3 is 5.73 Å². The number of hydrogen-bond donors (Lipinski definition) is 1. The molecular formula is C12H18Cl2N2. The normalized spacial score (nSPS) is 13.1. The fraction of sp³-hybridized carbons (Fsp3) is 0.500. The molecule has 0 bridgehead atoms. The highest BCUT2D eigenvalue weighted by molar-refractivity contribution is 6.33. The molecule has 0 saturated carbocycles. The van der Waals surface area contributed by atoms with Gasteiger partial charge in [-0.15, -0.1) is 0 Å². The van der Waals surface area contributed by atoms with E-state index >= 15 is 0 Å². The number of nitrogens with zero attached hydrogens (tertiary/aromatic N) is 1. The number of rotatable bonds is 5. The number of hydrogen-bond acceptors (Lipinski definition) is 2. The van der Waals surface area contributed by atoms with Crippen LogP contribution in [0.5, 0.6) is 0 Å². The lowest BCUT2D eigenvalue weighted by atomic mass is 10.1. The number of benzene rings is 1. The lowest BCUT2D eigenvalue weighted by Gasteiger charge is -2.25. The van der Waals surface area contributed by atoms with Gasteiger partial charge in [0.25, 0.3) is 0 Å². The Hall–Kier alpha value is -0.280. The van der Waals surface area contributed by atoms with Gasteiger partial charge >= 0.3 is 0 Å². The molecule has 2 nitrogen and oxygen atoms in total. The molecule has 0 amide bonds. The highest BCUT2D eigenvalue weighted by atomic mass is 35.5. The summed E-state index contributed by atoms with van der Waals surface area (Å²) in [6, 6.07) is 5.82. The summed E-state index contributed by atoms with van der Waals surface area (Å²) in [5.74, 6) is 0. The molecule has 0 fully saturated rings. The van der Waals surface area contributed by atoms with Crippen LogP contribution >= 0.6 is 23.2 Å². The Morgan fingerprint density at radius 2 is 2.06 bits per heavy atom. The van der Waals surface area contributed by atoms with Gasteiger partial charge in [0.15, 0.2) is 0 Å². The number of nitrogens with two attached hydrogens (primary N) is 1. The third-order valence-corrected chi connectivity index (χ3v) is 3.36. The predicted molar refractivity (Wildman–Crippen MR) is 71.2 cm³/mol. The van der Waals surface area contributed by atoms with Gasteiger partial charge in [-0.3, -0.25) is 4.90 Å². The van der Waals surface area contributed by atoms with Crippen LogP contribution in [-0.4, -0.2) is 25.0 Å². The van der Waals surface area contributed by atoms with Crippen molar-refractivity contribution in [3.05, 3.63) is 33.8 Å². The Kier molecular flexibility index (Phi) is 5.56. The van der Waals surface area contributed by atoms with Crippen LogP contribution in [0.4, 0.5) is 0 Å². The summed E-state index contributed by atoms with van der Waals surface area (Å²) in [7, 11) is 2.07. The molecule has 0 saturated heterocycles. The van der Waals surface area contributed by atoms with E-state index in [0.29, 0.717) is 6.54 Å². The molecule has 1 rings (SSSR count). The van der Waals surface area contributed by atoms with Gasteiger partial charge in [0, 0.05) is 16.1 Å². The van der Waals surface area contributed by atoms with Gasteiger partial charge in [-0.1, -0.05) is 23.2 Å². The number of halogens is 2. The molecule has 90 valence electrons. The summed E-state index contributed by atoms with van der Waals surface area (Å²) in [6.45, 7) is 3.79. The minimum absolute atomic E-state index is 0.248. The summed E-state index contributed by atoms with van der Waals surface area (Å²) in [5.41, 5.74) is 6.56. The van der Waals surface area contributed by atoms with Gasteiger partial charge in [-0.25, -0.2) is 0 Å². The van der Waals surface area contributed by atoms with E-state index < -0.39 is 0 Å². The van der Waals surface area contributed by atoms with Crippen molar-refractivity contribution in [2.24, 2.45) is 5.73 Å². The van der Waals surface area contributed by atoms with Gasteiger partial charge in [-0.2, -0.15) is 0 Å². The quantitative estimate of drug-likeness (QED) is 0.880. The van der Waals surface area contributed by atoms with Crippen LogP contribution in [-0.2, 0) is 0 Å². The SMILES string of the molecule is CC(c1cc(Cl)ccc1Cl)N(C)CCCN. The zero-order chi connectivity index (χ0) is 12.1. The molecule has 0 aliphatic heterocycles. The molecule has 0 aliphatic carbocycles. The molecule has 0 radical (unpaired) electrons. The van der Waals surface area contributed by atoms with E-state index in [0.717, 1.165) is 28.6 Å². The standard InChI is InChI=1S/C12H18Cl2N2/c1-9(16(2)7-3-6-15)11-8-10(13)4-5-12(11)14/h4-5,8-9H,3,6-7,15H2,1-2H3. The molecule has 0 aliphatic rings. The first kappa shape index (κ1) is 13.8. The molecule has 2 N–H and O–H groups in total. The van der Waals surface area contributed by atoms with Crippen molar-refractivity contribution in [3.63, 3.8) is 0 Å². The minimum atomic E-state index is 0.248. The monoisotopic (exact) mass is 260 g/mol. The topological polar surface area (TPSA) is 29.3 Å². The van der Waals surface area contributed by atoms with Crippen molar-refractivity contribution in [1.29, 1.82) is 0 Å².